The van der Waals surface area contributed by atoms with Crippen LogP contribution >= 0.6 is 0 Å². The molecule has 0 aromatic heterocycles. The van der Waals surface area contributed by atoms with E-state index in [-0.39, 0.29) is 11.9 Å². The SMILES string of the molecule is CC(C)C(=O)Oc1cccc(C(N)=O)c1. The molecule has 1 aromatic carbocycles. The Morgan fingerprint density at radius 3 is 2.53 bits per heavy atom. The zero-order valence-electron chi connectivity index (χ0n) is 8.69. The molecule has 0 heterocycles. The summed E-state index contributed by atoms with van der Waals surface area (Å²) in [6.07, 6.45) is 0. The van der Waals surface area contributed by atoms with Gasteiger partial charge in [0.2, 0.25) is 5.91 Å². The van der Waals surface area contributed by atoms with Crippen LogP contribution in [0.4, 0.5) is 0 Å². The third-order valence-electron chi connectivity index (χ3n) is 1.81. The number of hydrogen-bond donors (Lipinski definition) is 1. The molecule has 0 aliphatic rings. The van der Waals surface area contributed by atoms with Crippen molar-refractivity contribution in [3.05, 3.63) is 29.8 Å². The Labute approximate surface area is 88.0 Å². The van der Waals surface area contributed by atoms with Gasteiger partial charge in [-0.05, 0) is 18.2 Å². The minimum absolute atomic E-state index is 0.206. The molecule has 0 saturated carbocycles. The maximum atomic E-state index is 11.3. The summed E-state index contributed by atoms with van der Waals surface area (Å²) in [4.78, 5) is 22.1. The van der Waals surface area contributed by atoms with E-state index < -0.39 is 5.91 Å². The monoisotopic (exact) mass is 207 g/mol. The van der Waals surface area contributed by atoms with Crippen molar-refractivity contribution >= 4 is 11.9 Å². The van der Waals surface area contributed by atoms with Gasteiger partial charge in [0.15, 0.2) is 0 Å². The van der Waals surface area contributed by atoms with Crippen molar-refractivity contribution in [2.24, 2.45) is 11.7 Å². The van der Waals surface area contributed by atoms with Gasteiger partial charge in [0.05, 0.1) is 5.92 Å². The number of nitrogens with two attached hydrogens (primary N) is 1. The zero-order chi connectivity index (χ0) is 11.4. The lowest BCUT2D eigenvalue weighted by atomic mass is 10.2. The van der Waals surface area contributed by atoms with Crippen LogP contribution in [0.3, 0.4) is 0 Å². The van der Waals surface area contributed by atoms with Gasteiger partial charge in [-0.3, -0.25) is 9.59 Å². The first kappa shape index (κ1) is 11.2. The van der Waals surface area contributed by atoms with E-state index in [2.05, 4.69) is 0 Å². The van der Waals surface area contributed by atoms with Gasteiger partial charge in [-0.1, -0.05) is 19.9 Å². The van der Waals surface area contributed by atoms with Crippen molar-refractivity contribution in [1.82, 2.24) is 0 Å². The second-order valence-corrected chi connectivity index (χ2v) is 3.47. The highest BCUT2D eigenvalue weighted by Gasteiger charge is 2.10. The summed E-state index contributed by atoms with van der Waals surface area (Å²) in [6.45, 7) is 3.47. The van der Waals surface area contributed by atoms with E-state index in [1.807, 2.05) is 0 Å². The van der Waals surface area contributed by atoms with Gasteiger partial charge >= 0.3 is 5.97 Å². The van der Waals surface area contributed by atoms with E-state index in [1.54, 1.807) is 32.0 Å². The van der Waals surface area contributed by atoms with Gasteiger partial charge in [0, 0.05) is 5.56 Å². The molecule has 15 heavy (non-hydrogen) atoms. The fourth-order valence-electron chi connectivity index (χ4n) is 0.947. The first-order valence-corrected chi connectivity index (χ1v) is 4.62. The predicted molar refractivity (Wildman–Crippen MR) is 55.4 cm³/mol. The number of amides is 1. The number of benzene rings is 1. The maximum absolute atomic E-state index is 11.3. The Morgan fingerprint density at radius 1 is 1.33 bits per heavy atom. The van der Waals surface area contributed by atoms with Crippen LogP contribution in [0.1, 0.15) is 24.2 Å². The first-order valence-electron chi connectivity index (χ1n) is 4.62. The first-order chi connectivity index (χ1) is 7.00. The fraction of sp³-hybridized carbons (Fsp3) is 0.273. The van der Waals surface area contributed by atoms with E-state index in [9.17, 15) is 9.59 Å². The van der Waals surface area contributed by atoms with Gasteiger partial charge in [-0.2, -0.15) is 0 Å². The lowest BCUT2D eigenvalue weighted by Crippen LogP contribution is -2.15. The number of carbonyl (C=O) groups excluding carboxylic acids is 2. The smallest absolute Gasteiger partial charge is 0.313 e. The van der Waals surface area contributed by atoms with Crippen LogP contribution in [0, 0.1) is 5.92 Å². The van der Waals surface area contributed by atoms with Gasteiger partial charge in [-0.15, -0.1) is 0 Å². The highest BCUT2D eigenvalue weighted by atomic mass is 16.5. The van der Waals surface area contributed by atoms with Crippen LogP contribution in [0.15, 0.2) is 24.3 Å². The molecule has 0 bridgehead atoms. The lowest BCUT2D eigenvalue weighted by Gasteiger charge is -2.06. The summed E-state index contributed by atoms with van der Waals surface area (Å²) >= 11 is 0. The Morgan fingerprint density at radius 2 is 2.00 bits per heavy atom. The third kappa shape index (κ3) is 3.09. The van der Waals surface area contributed by atoms with Crippen molar-refractivity contribution in [1.29, 1.82) is 0 Å². The Balaban J connectivity index is 2.83. The standard InChI is InChI=1S/C11H13NO3/c1-7(2)11(14)15-9-5-3-4-8(6-9)10(12)13/h3-7H,1-2H3,(H2,12,13). The van der Waals surface area contributed by atoms with E-state index >= 15 is 0 Å². The molecule has 0 fully saturated rings. The molecule has 1 amide bonds. The molecule has 0 unspecified atom stereocenters. The second-order valence-electron chi connectivity index (χ2n) is 3.47. The molecule has 0 aliphatic carbocycles. The molecule has 0 atom stereocenters. The van der Waals surface area contributed by atoms with E-state index in [0.29, 0.717) is 11.3 Å². The quantitative estimate of drug-likeness (QED) is 0.600. The molecule has 4 heteroatoms. The molecular formula is C11H13NO3. The fourth-order valence-corrected chi connectivity index (χ4v) is 0.947. The van der Waals surface area contributed by atoms with Gasteiger partial charge in [-0.25, -0.2) is 0 Å². The summed E-state index contributed by atoms with van der Waals surface area (Å²) in [7, 11) is 0. The van der Waals surface area contributed by atoms with Crippen molar-refractivity contribution in [3.8, 4) is 5.75 Å². The van der Waals surface area contributed by atoms with Crippen LogP contribution in [0.2, 0.25) is 0 Å². The topological polar surface area (TPSA) is 69.4 Å². The molecule has 0 aliphatic heterocycles. The highest BCUT2D eigenvalue weighted by molar-refractivity contribution is 5.93. The molecule has 0 spiro atoms. The van der Waals surface area contributed by atoms with Gasteiger partial charge in [0.25, 0.3) is 0 Å². The Hall–Kier alpha value is -1.84. The normalized spacial score (nSPS) is 10.1. The summed E-state index contributed by atoms with van der Waals surface area (Å²) < 4.78 is 5.02. The molecule has 2 N–H and O–H groups in total. The third-order valence-corrected chi connectivity index (χ3v) is 1.81. The van der Waals surface area contributed by atoms with Crippen LogP contribution < -0.4 is 10.5 Å². The summed E-state index contributed by atoms with van der Waals surface area (Å²) in [6, 6.07) is 6.23. The Bertz CT molecular complexity index is 385. The number of ether oxygens (including phenoxy) is 1. The molecular weight excluding hydrogens is 194 g/mol. The number of hydrogen-bond acceptors (Lipinski definition) is 3. The van der Waals surface area contributed by atoms with Crippen molar-refractivity contribution in [2.75, 3.05) is 0 Å². The van der Waals surface area contributed by atoms with Crippen LogP contribution in [-0.2, 0) is 4.79 Å². The predicted octanol–water partition coefficient (Wildman–Crippen LogP) is 1.35. The number of esters is 1. The largest absolute Gasteiger partial charge is 0.426 e. The summed E-state index contributed by atoms with van der Waals surface area (Å²) in [5, 5.41) is 0. The molecule has 0 saturated heterocycles. The number of carbonyl (C=O) groups is 2. The second kappa shape index (κ2) is 4.59. The minimum Gasteiger partial charge on any atom is -0.426 e. The molecule has 80 valence electrons. The van der Waals surface area contributed by atoms with Gasteiger partial charge < -0.3 is 10.5 Å². The number of rotatable bonds is 3. The number of primary amides is 1. The van der Waals surface area contributed by atoms with Gasteiger partial charge in [0.1, 0.15) is 5.75 Å². The van der Waals surface area contributed by atoms with Crippen LogP contribution in [0.25, 0.3) is 0 Å². The minimum atomic E-state index is -0.544. The molecule has 0 radical (unpaired) electrons. The van der Waals surface area contributed by atoms with Crippen molar-refractivity contribution < 1.29 is 14.3 Å². The van der Waals surface area contributed by atoms with E-state index in [0.717, 1.165) is 0 Å². The lowest BCUT2D eigenvalue weighted by molar-refractivity contribution is -0.137. The average molecular weight is 207 g/mol. The summed E-state index contributed by atoms with van der Waals surface area (Å²) in [5.41, 5.74) is 5.42. The van der Waals surface area contributed by atoms with Crippen molar-refractivity contribution in [2.45, 2.75) is 13.8 Å². The van der Waals surface area contributed by atoms with Crippen molar-refractivity contribution in [3.63, 3.8) is 0 Å². The summed E-state index contributed by atoms with van der Waals surface area (Å²) in [5.74, 6) is -0.749. The zero-order valence-corrected chi connectivity index (χ0v) is 8.69. The highest BCUT2D eigenvalue weighted by Crippen LogP contribution is 2.14. The molecule has 4 nitrogen and oxygen atoms in total. The Kier molecular flexibility index (Phi) is 3.44. The molecule has 1 aromatic rings. The van der Waals surface area contributed by atoms with E-state index in [4.69, 9.17) is 10.5 Å². The maximum Gasteiger partial charge on any atom is 0.313 e. The van der Waals surface area contributed by atoms with E-state index in [1.165, 1.54) is 6.07 Å². The van der Waals surface area contributed by atoms with Crippen LogP contribution in [0.5, 0.6) is 5.75 Å². The van der Waals surface area contributed by atoms with Crippen LogP contribution in [-0.4, -0.2) is 11.9 Å². The molecule has 1 rings (SSSR count). The average Bonchev–Trinajstić information content (AvgIpc) is 2.18.